The molecule has 2 aromatic rings. The van der Waals surface area contributed by atoms with Gasteiger partial charge >= 0.3 is 0 Å². The smallest absolute Gasteiger partial charge is 0.242 e. The molecule has 1 atom stereocenters. The molecule has 30 heavy (non-hydrogen) atoms. The largest absolute Gasteiger partial charge is 0.350 e. The monoisotopic (exact) mass is 466 g/mol. The molecular weight excluding hydrogens is 439 g/mol. The third-order valence-electron chi connectivity index (χ3n) is 4.37. The van der Waals surface area contributed by atoms with Crippen LogP contribution in [0.25, 0.3) is 0 Å². The quantitative estimate of drug-likeness (QED) is 0.553. The van der Waals surface area contributed by atoms with Crippen molar-refractivity contribution in [2.24, 2.45) is 0 Å². The van der Waals surface area contributed by atoms with Crippen molar-refractivity contribution in [3.8, 4) is 0 Å². The van der Waals surface area contributed by atoms with E-state index in [4.69, 9.17) is 23.2 Å². The van der Waals surface area contributed by atoms with Gasteiger partial charge in [-0.1, -0.05) is 53.5 Å². The van der Waals surface area contributed by atoms with E-state index in [2.05, 4.69) is 5.32 Å². The number of amides is 2. The maximum Gasteiger partial charge on any atom is 0.242 e. The van der Waals surface area contributed by atoms with Crippen molar-refractivity contribution in [3.05, 3.63) is 69.7 Å². The minimum absolute atomic E-state index is 0.0986. The van der Waals surface area contributed by atoms with Crippen LogP contribution in [0.4, 0.5) is 0 Å². The van der Waals surface area contributed by atoms with Crippen LogP contribution in [0.3, 0.4) is 0 Å². The second kappa shape index (κ2) is 11.1. The zero-order valence-electron chi connectivity index (χ0n) is 17.7. The molecule has 0 fully saturated rings. The summed E-state index contributed by atoms with van der Waals surface area (Å²) in [5.74, 6) is 0.605. The van der Waals surface area contributed by atoms with Gasteiger partial charge in [0.1, 0.15) is 6.04 Å². The maximum absolute atomic E-state index is 13.1. The summed E-state index contributed by atoms with van der Waals surface area (Å²) in [6.45, 7) is 7.85. The molecule has 1 N–H and O–H groups in total. The first-order valence-corrected chi connectivity index (χ1v) is 11.6. The first-order chi connectivity index (χ1) is 14.1. The van der Waals surface area contributed by atoms with Gasteiger partial charge in [0.2, 0.25) is 11.8 Å². The van der Waals surface area contributed by atoms with E-state index in [1.54, 1.807) is 24.0 Å². The Morgan fingerprint density at radius 2 is 1.70 bits per heavy atom. The molecule has 162 valence electrons. The highest BCUT2D eigenvalue weighted by molar-refractivity contribution is 7.99. The fraction of sp³-hybridized carbons (Fsp3) is 0.391. The topological polar surface area (TPSA) is 49.4 Å². The molecule has 0 aliphatic heterocycles. The molecule has 0 aliphatic rings. The number of rotatable bonds is 8. The van der Waals surface area contributed by atoms with E-state index < -0.39 is 6.04 Å². The summed E-state index contributed by atoms with van der Waals surface area (Å²) in [6, 6.07) is 14.3. The lowest BCUT2D eigenvalue weighted by atomic mass is 10.1. The third kappa shape index (κ3) is 7.86. The van der Waals surface area contributed by atoms with E-state index in [0.29, 0.717) is 22.3 Å². The zero-order valence-corrected chi connectivity index (χ0v) is 20.1. The lowest BCUT2D eigenvalue weighted by molar-refractivity contribution is -0.139. The molecule has 2 aromatic carbocycles. The summed E-state index contributed by atoms with van der Waals surface area (Å²) < 4.78 is 0. The number of thioether (sulfide) groups is 1. The molecule has 0 heterocycles. The molecule has 0 saturated carbocycles. The number of halogens is 2. The van der Waals surface area contributed by atoms with E-state index in [-0.39, 0.29) is 23.1 Å². The first-order valence-electron chi connectivity index (χ1n) is 9.74. The number of nitrogens with zero attached hydrogens (tertiary/aromatic N) is 1. The van der Waals surface area contributed by atoms with Gasteiger partial charge < -0.3 is 10.2 Å². The molecule has 1 unspecified atom stereocenters. The normalized spacial score (nSPS) is 12.3. The first kappa shape index (κ1) is 24.6. The van der Waals surface area contributed by atoms with E-state index in [1.165, 1.54) is 11.8 Å². The van der Waals surface area contributed by atoms with Crippen LogP contribution in [0.5, 0.6) is 0 Å². The van der Waals surface area contributed by atoms with Gasteiger partial charge in [0.05, 0.1) is 5.75 Å². The molecule has 2 amide bonds. The highest BCUT2D eigenvalue weighted by Gasteiger charge is 2.28. The maximum atomic E-state index is 13.1. The predicted octanol–water partition coefficient (Wildman–Crippen LogP) is 5.56. The Balaban J connectivity index is 2.10. The van der Waals surface area contributed by atoms with Crippen molar-refractivity contribution in [2.45, 2.75) is 51.6 Å². The number of benzene rings is 2. The van der Waals surface area contributed by atoms with Gasteiger partial charge in [0, 0.05) is 27.9 Å². The minimum Gasteiger partial charge on any atom is -0.350 e. The van der Waals surface area contributed by atoms with Gasteiger partial charge in [-0.3, -0.25) is 9.59 Å². The summed E-state index contributed by atoms with van der Waals surface area (Å²) in [5, 5.41) is 4.28. The van der Waals surface area contributed by atoms with Crippen LogP contribution in [0.15, 0.2) is 48.5 Å². The van der Waals surface area contributed by atoms with Crippen molar-refractivity contribution in [1.82, 2.24) is 10.2 Å². The summed E-state index contributed by atoms with van der Waals surface area (Å²) in [7, 11) is 0. The lowest BCUT2D eigenvalue weighted by Gasteiger charge is -2.31. The van der Waals surface area contributed by atoms with Crippen LogP contribution in [0.1, 0.15) is 38.8 Å². The van der Waals surface area contributed by atoms with Gasteiger partial charge in [0.15, 0.2) is 0 Å². The van der Waals surface area contributed by atoms with Gasteiger partial charge in [-0.2, -0.15) is 0 Å². The molecule has 0 saturated heterocycles. The van der Waals surface area contributed by atoms with Crippen molar-refractivity contribution >= 4 is 46.8 Å². The average Bonchev–Trinajstić information content (AvgIpc) is 2.67. The van der Waals surface area contributed by atoms with Crippen molar-refractivity contribution in [2.75, 3.05) is 5.75 Å². The summed E-state index contributed by atoms with van der Waals surface area (Å²) >= 11 is 13.7. The van der Waals surface area contributed by atoms with Gasteiger partial charge in [-0.15, -0.1) is 11.8 Å². The van der Waals surface area contributed by atoms with E-state index >= 15 is 0 Å². The SMILES string of the molecule is CC(C(=O)NC(C)(C)C)N(Cc1ccc(Cl)cc1)C(=O)CSCc1ccccc1Cl. The van der Waals surface area contributed by atoms with E-state index in [1.807, 2.05) is 57.2 Å². The van der Waals surface area contributed by atoms with Crippen LogP contribution in [0, 0.1) is 0 Å². The molecular formula is C23H28Cl2N2O2S. The highest BCUT2D eigenvalue weighted by Crippen LogP contribution is 2.22. The molecule has 0 aromatic heterocycles. The van der Waals surface area contributed by atoms with Crippen molar-refractivity contribution in [3.63, 3.8) is 0 Å². The fourth-order valence-corrected chi connectivity index (χ4v) is 4.11. The number of hydrogen-bond donors (Lipinski definition) is 1. The Labute approximate surface area is 193 Å². The standard InChI is InChI=1S/C23H28Cl2N2O2S/c1-16(22(29)26-23(2,3)4)27(13-17-9-11-19(24)12-10-17)21(28)15-30-14-18-7-5-6-8-20(18)25/h5-12,16H,13-15H2,1-4H3,(H,26,29). The van der Waals surface area contributed by atoms with Crippen molar-refractivity contribution < 1.29 is 9.59 Å². The number of carbonyl (C=O) groups is 2. The van der Waals surface area contributed by atoms with Gasteiger partial charge in [0.25, 0.3) is 0 Å². The fourth-order valence-electron chi connectivity index (χ4n) is 2.79. The second-order valence-electron chi connectivity index (χ2n) is 8.15. The summed E-state index contributed by atoms with van der Waals surface area (Å²) in [6.07, 6.45) is 0. The summed E-state index contributed by atoms with van der Waals surface area (Å²) in [5.41, 5.74) is 1.53. The number of carbonyl (C=O) groups excluding carboxylic acids is 2. The molecule has 0 aliphatic carbocycles. The van der Waals surface area contributed by atoms with E-state index in [0.717, 1.165) is 11.1 Å². The Morgan fingerprint density at radius 1 is 1.07 bits per heavy atom. The van der Waals surface area contributed by atoms with E-state index in [9.17, 15) is 9.59 Å². The Hall–Kier alpha value is -1.69. The Kier molecular flexibility index (Phi) is 9.08. The predicted molar refractivity (Wildman–Crippen MR) is 127 cm³/mol. The molecule has 0 radical (unpaired) electrons. The Morgan fingerprint density at radius 3 is 2.30 bits per heavy atom. The third-order valence-corrected chi connectivity index (χ3v) is 5.96. The van der Waals surface area contributed by atoms with Crippen molar-refractivity contribution in [1.29, 1.82) is 0 Å². The van der Waals surface area contributed by atoms with Crippen LogP contribution >= 0.6 is 35.0 Å². The minimum atomic E-state index is -0.603. The lowest BCUT2D eigenvalue weighted by Crippen LogP contribution is -2.52. The van der Waals surface area contributed by atoms with Crippen LogP contribution in [0.2, 0.25) is 10.0 Å². The van der Waals surface area contributed by atoms with Gasteiger partial charge in [-0.05, 0) is 57.0 Å². The van der Waals surface area contributed by atoms with Crippen LogP contribution in [-0.4, -0.2) is 34.0 Å². The molecule has 4 nitrogen and oxygen atoms in total. The zero-order chi connectivity index (χ0) is 22.3. The number of nitrogens with one attached hydrogen (secondary N) is 1. The molecule has 7 heteroatoms. The molecule has 0 spiro atoms. The number of hydrogen-bond acceptors (Lipinski definition) is 3. The van der Waals surface area contributed by atoms with Crippen LogP contribution in [-0.2, 0) is 21.9 Å². The molecule has 0 bridgehead atoms. The highest BCUT2D eigenvalue weighted by atomic mass is 35.5. The van der Waals surface area contributed by atoms with Crippen LogP contribution < -0.4 is 5.32 Å². The average molecular weight is 467 g/mol. The Bertz CT molecular complexity index is 866. The summed E-state index contributed by atoms with van der Waals surface area (Å²) in [4.78, 5) is 27.4. The second-order valence-corrected chi connectivity index (χ2v) is 9.98. The molecule has 2 rings (SSSR count). The van der Waals surface area contributed by atoms with Gasteiger partial charge in [-0.25, -0.2) is 0 Å².